The van der Waals surface area contributed by atoms with Crippen LogP contribution in [0.5, 0.6) is 0 Å². The monoisotopic (exact) mass is 528 g/mol. The fourth-order valence-corrected chi connectivity index (χ4v) is 4.56. The van der Waals surface area contributed by atoms with Crippen molar-refractivity contribution < 1.29 is 14.0 Å². The summed E-state index contributed by atoms with van der Waals surface area (Å²) >= 11 is 4.89. The molecular formula is C26H26BrFN2O2S. The number of likely N-dealkylation sites (N-methyl/N-ethyl adjacent to an activating group) is 1. The van der Waals surface area contributed by atoms with Crippen molar-refractivity contribution in [3.05, 3.63) is 106 Å². The summed E-state index contributed by atoms with van der Waals surface area (Å²) < 4.78 is 14.1. The van der Waals surface area contributed by atoms with Gasteiger partial charge >= 0.3 is 0 Å². The molecule has 0 bridgehead atoms. The van der Waals surface area contributed by atoms with Gasteiger partial charge in [-0.2, -0.15) is 0 Å². The van der Waals surface area contributed by atoms with Crippen molar-refractivity contribution in [2.24, 2.45) is 0 Å². The first-order chi connectivity index (χ1) is 16.0. The van der Waals surface area contributed by atoms with Crippen LogP contribution in [0, 0.1) is 5.82 Å². The highest BCUT2D eigenvalue weighted by atomic mass is 79.9. The number of carbonyl (C=O) groups is 2. The number of nitrogens with zero attached hydrogens (tertiary/aromatic N) is 1. The van der Waals surface area contributed by atoms with Crippen LogP contribution in [-0.2, 0) is 28.3 Å². The topological polar surface area (TPSA) is 49.4 Å². The predicted octanol–water partition coefficient (Wildman–Crippen LogP) is 5.21. The summed E-state index contributed by atoms with van der Waals surface area (Å²) in [6.07, 6.45) is 0.422. The van der Waals surface area contributed by atoms with Gasteiger partial charge in [-0.3, -0.25) is 9.59 Å². The Kier molecular flexibility index (Phi) is 9.51. The molecule has 0 aromatic heterocycles. The van der Waals surface area contributed by atoms with Crippen molar-refractivity contribution in [2.75, 3.05) is 12.8 Å². The molecule has 3 aromatic carbocycles. The van der Waals surface area contributed by atoms with Gasteiger partial charge in [-0.1, -0.05) is 70.5 Å². The Hall–Kier alpha value is -2.64. The van der Waals surface area contributed by atoms with E-state index in [0.717, 1.165) is 21.2 Å². The maximum atomic E-state index is 13.4. The minimum atomic E-state index is -0.639. The first-order valence-corrected chi connectivity index (χ1v) is 12.5. The summed E-state index contributed by atoms with van der Waals surface area (Å²) in [4.78, 5) is 27.9. The van der Waals surface area contributed by atoms with Crippen molar-refractivity contribution >= 4 is 39.5 Å². The fourth-order valence-electron chi connectivity index (χ4n) is 3.43. The second-order valence-corrected chi connectivity index (χ2v) is 9.49. The smallest absolute Gasteiger partial charge is 0.242 e. The number of rotatable bonds is 10. The lowest BCUT2D eigenvalue weighted by molar-refractivity contribution is -0.139. The molecule has 0 saturated carbocycles. The van der Waals surface area contributed by atoms with Gasteiger partial charge in [0.1, 0.15) is 11.9 Å². The summed E-state index contributed by atoms with van der Waals surface area (Å²) in [5, 5.41) is 2.72. The molecule has 0 fully saturated rings. The Morgan fingerprint density at radius 3 is 2.21 bits per heavy atom. The third-order valence-electron chi connectivity index (χ3n) is 5.19. The molecule has 172 valence electrons. The Morgan fingerprint density at radius 2 is 1.58 bits per heavy atom. The maximum Gasteiger partial charge on any atom is 0.242 e. The summed E-state index contributed by atoms with van der Waals surface area (Å²) in [6.45, 7) is 0.328. The third kappa shape index (κ3) is 7.72. The van der Waals surface area contributed by atoms with Crippen molar-refractivity contribution in [2.45, 2.75) is 24.8 Å². The van der Waals surface area contributed by atoms with Gasteiger partial charge in [0, 0.05) is 30.2 Å². The number of nitrogens with one attached hydrogen (secondary N) is 1. The first kappa shape index (κ1) is 25.0. The highest BCUT2D eigenvalue weighted by Crippen LogP contribution is 2.19. The molecule has 1 N–H and O–H groups in total. The highest BCUT2D eigenvalue weighted by molar-refractivity contribution is 9.10. The van der Waals surface area contributed by atoms with Crippen LogP contribution in [0.3, 0.4) is 0 Å². The normalized spacial score (nSPS) is 11.6. The molecule has 3 aromatic rings. The molecule has 0 aliphatic rings. The number of thioether (sulfide) groups is 1. The lowest BCUT2D eigenvalue weighted by Crippen LogP contribution is -2.50. The van der Waals surface area contributed by atoms with E-state index in [4.69, 9.17) is 0 Å². The average Bonchev–Trinajstić information content (AvgIpc) is 2.83. The average molecular weight is 529 g/mol. The van der Waals surface area contributed by atoms with Gasteiger partial charge in [0.15, 0.2) is 0 Å². The molecule has 4 nitrogen and oxygen atoms in total. The summed E-state index contributed by atoms with van der Waals surface area (Å²) in [6, 6.07) is 23.1. The van der Waals surface area contributed by atoms with Crippen molar-refractivity contribution in [3.8, 4) is 0 Å². The minimum Gasteiger partial charge on any atom is -0.357 e. The third-order valence-corrected chi connectivity index (χ3v) is 6.71. The summed E-state index contributed by atoms with van der Waals surface area (Å²) in [5.41, 5.74) is 2.87. The standard InChI is InChI=1S/C26H26BrFN2O2S/c1-29-26(32)24(15-19-5-3-2-4-6-19)30(16-20-7-11-22(27)12-8-20)25(31)18-33-17-21-9-13-23(28)14-10-21/h2-14,24H,15-18H2,1H3,(H,29,32)/t24-/m1/s1. The molecule has 33 heavy (non-hydrogen) atoms. The molecule has 0 radical (unpaired) electrons. The van der Waals surface area contributed by atoms with E-state index >= 15 is 0 Å². The van der Waals surface area contributed by atoms with Gasteiger partial charge in [-0.25, -0.2) is 4.39 Å². The lowest BCUT2D eigenvalue weighted by atomic mass is 10.0. The Labute approximate surface area is 206 Å². The molecule has 3 rings (SSSR count). The van der Waals surface area contributed by atoms with E-state index in [9.17, 15) is 14.0 Å². The van der Waals surface area contributed by atoms with Crippen LogP contribution in [0.1, 0.15) is 16.7 Å². The minimum absolute atomic E-state index is 0.116. The zero-order valence-corrected chi connectivity index (χ0v) is 20.7. The Bertz CT molecular complexity index is 1050. The molecule has 1 atom stereocenters. The number of benzene rings is 3. The number of halogens is 2. The molecule has 7 heteroatoms. The lowest BCUT2D eigenvalue weighted by Gasteiger charge is -2.31. The number of amides is 2. The highest BCUT2D eigenvalue weighted by Gasteiger charge is 2.29. The van der Waals surface area contributed by atoms with Crippen molar-refractivity contribution in [3.63, 3.8) is 0 Å². The number of carbonyl (C=O) groups excluding carboxylic acids is 2. The number of hydrogen-bond acceptors (Lipinski definition) is 3. The van der Waals surface area contributed by atoms with E-state index in [1.807, 2.05) is 54.6 Å². The quantitative estimate of drug-likeness (QED) is 0.393. The Balaban J connectivity index is 1.79. The van der Waals surface area contributed by atoms with E-state index in [2.05, 4.69) is 21.2 Å². The molecular weight excluding hydrogens is 503 g/mol. The van der Waals surface area contributed by atoms with Crippen LogP contribution in [0.2, 0.25) is 0 Å². The van der Waals surface area contributed by atoms with Crippen LogP contribution >= 0.6 is 27.7 Å². The van der Waals surface area contributed by atoms with E-state index in [0.29, 0.717) is 18.7 Å². The molecule has 0 unspecified atom stereocenters. The SMILES string of the molecule is CNC(=O)[C@@H](Cc1ccccc1)N(Cc1ccc(Br)cc1)C(=O)CSCc1ccc(F)cc1. The van der Waals surface area contributed by atoms with Gasteiger partial charge in [0.25, 0.3) is 0 Å². The Morgan fingerprint density at radius 1 is 0.939 bits per heavy atom. The van der Waals surface area contributed by atoms with Gasteiger partial charge < -0.3 is 10.2 Å². The van der Waals surface area contributed by atoms with Gasteiger partial charge in [-0.15, -0.1) is 11.8 Å². The van der Waals surface area contributed by atoms with Crippen LogP contribution < -0.4 is 5.32 Å². The van der Waals surface area contributed by atoms with Gasteiger partial charge in [0.2, 0.25) is 11.8 Å². The summed E-state index contributed by atoms with van der Waals surface area (Å²) in [5.74, 6) is 0.203. The fraction of sp³-hybridized carbons (Fsp3) is 0.231. The van der Waals surface area contributed by atoms with E-state index in [1.54, 1.807) is 24.1 Å². The van der Waals surface area contributed by atoms with Gasteiger partial charge in [-0.05, 0) is 41.0 Å². The molecule has 0 saturated heterocycles. The predicted molar refractivity (Wildman–Crippen MR) is 135 cm³/mol. The molecule has 0 aliphatic heterocycles. The molecule has 2 amide bonds. The van der Waals surface area contributed by atoms with Crippen LogP contribution in [0.4, 0.5) is 4.39 Å². The van der Waals surface area contributed by atoms with Crippen molar-refractivity contribution in [1.82, 2.24) is 10.2 Å². The van der Waals surface area contributed by atoms with Crippen LogP contribution in [0.15, 0.2) is 83.3 Å². The number of hydrogen-bond donors (Lipinski definition) is 1. The largest absolute Gasteiger partial charge is 0.357 e. The molecule has 0 spiro atoms. The van der Waals surface area contributed by atoms with E-state index in [1.165, 1.54) is 23.9 Å². The summed E-state index contributed by atoms with van der Waals surface area (Å²) in [7, 11) is 1.59. The zero-order chi connectivity index (χ0) is 23.6. The molecule has 0 aliphatic carbocycles. The second-order valence-electron chi connectivity index (χ2n) is 7.59. The van der Waals surface area contributed by atoms with Crippen LogP contribution in [-0.4, -0.2) is 35.6 Å². The molecule has 0 heterocycles. The van der Waals surface area contributed by atoms with Gasteiger partial charge in [0.05, 0.1) is 5.75 Å². The van der Waals surface area contributed by atoms with E-state index in [-0.39, 0.29) is 23.4 Å². The van der Waals surface area contributed by atoms with Crippen LogP contribution in [0.25, 0.3) is 0 Å². The maximum absolute atomic E-state index is 13.4. The van der Waals surface area contributed by atoms with Crippen molar-refractivity contribution in [1.29, 1.82) is 0 Å². The second kappa shape index (κ2) is 12.6. The zero-order valence-electron chi connectivity index (χ0n) is 18.3. The van der Waals surface area contributed by atoms with E-state index < -0.39 is 6.04 Å². The first-order valence-electron chi connectivity index (χ1n) is 10.6.